The van der Waals surface area contributed by atoms with E-state index < -0.39 is 0 Å². The zero-order chi connectivity index (χ0) is 11.3. The molecular weight excluding hydrogens is 190 g/mol. The molecule has 0 radical (unpaired) electrons. The Hall–Kier alpha value is -1.16. The van der Waals surface area contributed by atoms with Crippen molar-refractivity contribution in [2.24, 2.45) is 11.7 Å². The first-order chi connectivity index (χ1) is 7.17. The summed E-state index contributed by atoms with van der Waals surface area (Å²) in [6.45, 7) is 4.87. The van der Waals surface area contributed by atoms with Crippen molar-refractivity contribution in [2.75, 3.05) is 13.7 Å². The van der Waals surface area contributed by atoms with Gasteiger partial charge in [0.25, 0.3) is 0 Å². The maximum absolute atomic E-state index is 5.49. The molecule has 1 aromatic heterocycles. The van der Waals surface area contributed by atoms with Crippen LogP contribution in [0.4, 0.5) is 0 Å². The molecule has 0 aromatic carbocycles. The average molecular weight is 209 g/mol. The summed E-state index contributed by atoms with van der Waals surface area (Å²) < 4.78 is 5.21. The van der Waals surface area contributed by atoms with Gasteiger partial charge in [-0.05, 0) is 18.9 Å². The maximum atomic E-state index is 5.49. The van der Waals surface area contributed by atoms with Crippen LogP contribution >= 0.6 is 0 Å². The van der Waals surface area contributed by atoms with Crippen molar-refractivity contribution in [1.29, 1.82) is 0 Å². The topological polar surface area (TPSA) is 61.0 Å². The summed E-state index contributed by atoms with van der Waals surface area (Å²) in [5, 5.41) is 0. The van der Waals surface area contributed by atoms with Gasteiger partial charge in [0.1, 0.15) is 5.82 Å². The Morgan fingerprint density at radius 1 is 1.47 bits per heavy atom. The largest absolute Gasteiger partial charge is 0.481 e. The number of ether oxygens (including phenoxy) is 1. The summed E-state index contributed by atoms with van der Waals surface area (Å²) in [5.41, 5.74) is 6.47. The standard InChI is InChI=1S/C11H19N3O/c1-8(2)6-10-13-7-9(4-5-12)11(14-10)15-3/h7-8H,4-6,12H2,1-3H3. The first kappa shape index (κ1) is 11.9. The smallest absolute Gasteiger partial charge is 0.219 e. The Morgan fingerprint density at radius 2 is 2.20 bits per heavy atom. The quantitative estimate of drug-likeness (QED) is 0.791. The highest BCUT2D eigenvalue weighted by Crippen LogP contribution is 2.15. The molecule has 0 fully saturated rings. The van der Waals surface area contributed by atoms with E-state index in [1.54, 1.807) is 7.11 Å². The van der Waals surface area contributed by atoms with E-state index in [1.807, 2.05) is 6.20 Å². The Kier molecular flexibility index (Phi) is 4.49. The van der Waals surface area contributed by atoms with Gasteiger partial charge in [0, 0.05) is 18.2 Å². The van der Waals surface area contributed by atoms with Crippen molar-refractivity contribution in [3.8, 4) is 5.88 Å². The van der Waals surface area contributed by atoms with Crippen LogP contribution in [0.2, 0.25) is 0 Å². The fourth-order valence-electron chi connectivity index (χ4n) is 1.39. The molecule has 0 spiro atoms. The minimum Gasteiger partial charge on any atom is -0.481 e. The molecule has 0 unspecified atom stereocenters. The summed E-state index contributed by atoms with van der Waals surface area (Å²) in [6.07, 6.45) is 3.45. The third-order valence-electron chi connectivity index (χ3n) is 2.07. The molecule has 4 nitrogen and oxygen atoms in total. The van der Waals surface area contributed by atoms with Crippen molar-refractivity contribution >= 4 is 0 Å². The predicted molar refractivity (Wildman–Crippen MR) is 59.9 cm³/mol. The molecule has 0 aliphatic carbocycles. The van der Waals surface area contributed by atoms with Gasteiger partial charge < -0.3 is 10.5 Å². The van der Waals surface area contributed by atoms with Crippen LogP contribution in [-0.2, 0) is 12.8 Å². The Labute approximate surface area is 90.9 Å². The number of aromatic nitrogens is 2. The molecule has 0 atom stereocenters. The van der Waals surface area contributed by atoms with Crippen LogP contribution in [0.5, 0.6) is 5.88 Å². The Bertz CT molecular complexity index is 313. The van der Waals surface area contributed by atoms with E-state index in [4.69, 9.17) is 10.5 Å². The number of nitrogens with zero attached hydrogens (tertiary/aromatic N) is 2. The van der Waals surface area contributed by atoms with E-state index in [1.165, 1.54) is 0 Å². The zero-order valence-corrected chi connectivity index (χ0v) is 9.66. The van der Waals surface area contributed by atoms with Gasteiger partial charge in [-0.15, -0.1) is 0 Å². The third kappa shape index (κ3) is 3.47. The van der Waals surface area contributed by atoms with Gasteiger partial charge in [-0.1, -0.05) is 13.8 Å². The van der Waals surface area contributed by atoms with Gasteiger partial charge in [-0.3, -0.25) is 0 Å². The second-order valence-electron chi connectivity index (χ2n) is 3.96. The maximum Gasteiger partial charge on any atom is 0.219 e. The first-order valence-electron chi connectivity index (χ1n) is 5.26. The van der Waals surface area contributed by atoms with Gasteiger partial charge in [-0.25, -0.2) is 4.98 Å². The van der Waals surface area contributed by atoms with Crippen molar-refractivity contribution < 1.29 is 4.74 Å². The summed E-state index contributed by atoms with van der Waals surface area (Å²) in [4.78, 5) is 8.66. The highest BCUT2D eigenvalue weighted by atomic mass is 16.5. The lowest BCUT2D eigenvalue weighted by molar-refractivity contribution is 0.388. The van der Waals surface area contributed by atoms with Gasteiger partial charge in [0.2, 0.25) is 5.88 Å². The normalized spacial score (nSPS) is 10.7. The second kappa shape index (κ2) is 5.66. The predicted octanol–water partition coefficient (Wildman–Crippen LogP) is 1.18. The van der Waals surface area contributed by atoms with E-state index >= 15 is 0 Å². The molecule has 0 saturated heterocycles. The van der Waals surface area contributed by atoms with E-state index in [9.17, 15) is 0 Å². The number of nitrogens with two attached hydrogens (primary N) is 1. The van der Waals surface area contributed by atoms with Crippen LogP contribution < -0.4 is 10.5 Å². The Morgan fingerprint density at radius 3 is 2.73 bits per heavy atom. The monoisotopic (exact) mass is 209 g/mol. The molecule has 2 N–H and O–H groups in total. The summed E-state index contributed by atoms with van der Waals surface area (Å²) >= 11 is 0. The highest BCUT2D eigenvalue weighted by molar-refractivity contribution is 5.24. The fourth-order valence-corrected chi connectivity index (χ4v) is 1.39. The van der Waals surface area contributed by atoms with Crippen LogP contribution in [0.15, 0.2) is 6.20 Å². The van der Waals surface area contributed by atoms with Gasteiger partial charge in [0.15, 0.2) is 0 Å². The minimum atomic E-state index is 0.551. The van der Waals surface area contributed by atoms with E-state index in [0.717, 1.165) is 24.2 Å². The van der Waals surface area contributed by atoms with Crippen LogP contribution in [-0.4, -0.2) is 23.6 Å². The molecule has 1 heterocycles. The molecule has 0 aliphatic rings. The average Bonchev–Trinajstić information content (AvgIpc) is 2.20. The van der Waals surface area contributed by atoms with Crippen LogP contribution in [0.25, 0.3) is 0 Å². The summed E-state index contributed by atoms with van der Waals surface area (Å²) in [6, 6.07) is 0. The third-order valence-corrected chi connectivity index (χ3v) is 2.07. The molecule has 4 heteroatoms. The first-order valence-corrected chi connectivity index (χ1v) is 5.26. The van der Waals surface area contributed by atoms with Crippen LogP contribution in [0.1, 0.15) is 25.2 Å². The molecule has 1 aromatic rings. The molecular formula is C11H19N3O. The van der Waals surface area contributed by atoms with Gasteiger partial charge >= 0.3 is 0 Å². The molecule has 84 valence electrons. The second-order valence-corrected chi connectivity index (χ2v) is 3.96. The number of hydrogen-bond donors (Lipinski definition) is 1. The van der Waals surface area contributed by atoms with Gasteiger partial charge in [0.05, 0.1) is 7.11 Å². The van der Waals surface area contributed by atoms with Crippen molar-refractivity contribution in [2.45, 2.75) is 26.7 Å². The molecule has 0 bridgehead atoms. The lowest BCUT2D eigenvalue weighted by Crippen LogP contribution is -2.08. The summed E-state index contributed by atoms with van der Waals surface area (Å²) in [7, 11) is 1.63. The zero-order valence-electron chi connectivity index (χ0n) is 9.66. The number of rotatable bonds is 5. The number of methoxy groups -OCH3 is 1. The van der Waals surface area contributed by atoms with Gasteiger partial charge in [-0.2, -0.15) is 4.98 Å². The fraction of sp³-hybridized carbons (Fsp3) is 0.636. The lowest BCUT2D eigenvalue weighted by Gasteiger charge is -2.09. The van der Waals surface area contributed by atoms with Crippen molar-refractivity contribution in [3.05, 3.63) is 17.6 Å². The summed E-state index contributed by atoms with van der Waals surface area (Å²) in [5.74, 6) is 2.05. The highest BCUT2D eigenvalue weighted by Gasteiger charge is 2.07. The Balaban J connectivity index is 2.86. The molecule has 1 rings (SSSR count). The number of hydrogen-bond acceptors (Lipinski definition) is 4. The molecule has 0 aliphatic heterocycles. The molecule has 0 amide bonds. The SMILES string of the molecule is COc1nc(CC(C)C)ncc1CCN. The van der Waals surface area contributed by atoms with Crippen molar-refractivity contribution in [3.63, 3.8) is 0 Å². The van der Waals surface area contributed by atoms with Crippen molar-refractivity contribution in [1.82, 2.24) is 9.97 Å². The minimum absolute atomic E-state index is 0.551. The van der Waals surface area contributed by atoms with Crippen LogP contribution in [0.3, 0.4) is 0 Å². The van der Waals surface area contributed by atoms with E-state index in [2.05, 4.69) is 23.8 Å². The van der Waals surface area contributed by atoms with E-state index in [0.29, 0.717) is 18.3 Å². The van der Waals surface area contributed by atoms with Crippen LogP contribution in [0, 0.1) is 5.92 Å². The molecule has 0 saturated carbocycles. The lowest BCUT2D eigenvalue weighted by atomic mass is 10.1. The molecule has 15 heavy (non-hydrogen) atoms. The van der Waals surface area contributed by atoms with E-state index in [-0.39, 0.29) is 0 Å².